The molecule has 0 amide bonds. The van der Waals surface area contributed by atoms with Crippen LogP contribution in [0.1, 0.15) is 47.5 Å². The van der Waals surface area contributed by atoms with E-state index in [1.54, 1.807) is 0 Å². The minimum absolute atomic E-state index is 0.130. The standard InChI is InChI=1S/C11H20O2/c1-6-11(5)8(12)7-9(11)13-10(2,3)4/h9H,6-7H2,1-5H3. The van der Waals surface area contributed by atoms with Crippen LogP contribution in [0.3, 0.4) is 0 Å². The molecule has 76 valence electrons. The number of hydrogen-bond donors (Lipinski definition) is 0. The molecule has 2 heteroatoms. The van der Waals surface area contributed by atoms with Gasteiger partial charge in [0.15, 0.2) is 0 Å². The normalized spacial score (nSPS) is 34.5. The SMILES string of the molecule is CCC1(C)C(=O)CC1OC(C)(C)C. The fourth-order valence-electron chi connectivity index (χ4n) is 1.70. The first-order valence-electron chi connectivity index (χ1n) is 5.01. The van der Waals surface area contributed by atoms with E-state index in [2.05, 4.69) is 6.92 Å². The quantitative estimate of drug-likeness (QED) is 0.659. The molecule has 1 aliphatic carbocycles. The third-order valence-corrected chi connectivity index (χ3v) is 2.95. The van der Waals surface area contributed by atoms with E-state index in [4.69, 9.17) is 4.74 Å². The molecule has 0 radical (unpaired) electrons. The van der Waals surface area contributed by atoms with Crippen molar-refractivity contribution in [2.24, 2.45) is 5.41 Å². The highest BCUT2D eigenvalue weighted by Crippen LogP contribution is 2.43. The van der Waals surface area contributed by atoms with Crippen molar-refractivity contribution in [1.29, 1.82) is 0 Å². The molecule has 2 atom stereocenters. The summed E-state index contributed by atoms with van der Waals surface area (Å²) in [6, 6.07) is 0. The third kappa shape index (κ3) is 1.93. The molecule has 1 rings (SSSR count). The maximum absolute atomic E-state index is 11.4. The zero-order chi connectivity index (χ0) is 10.3. The lowest BCUT2D eigenvalue weighted by Crippen LogP contribution is -2.55. The summed E-state index contributed by atoms with van der Waals surface area (Å²) in [4.78, 5) is 11.4. The van der Waals surface area contributed by atoms with Gasteiger partial charge in [0.05, 0.1) is 17.1 Å². The van der Waals surface area contributed by atoms with E-state index >= 15 is 0 Å². The lowest BCUT2D eigenvalue weighted by molar-refractivity contribution is -0.179. The second-order valence-corrected chi connectivity index (χ2v) is 5.12. The van der Waals surface area contributed by atoms with Crippen LogP contribution in [-0.4, -0.2) is 17.5 Å². The van der Waals surface area contributed by atoms with Gasteiger partial charge in [-0.3, -0.25) is 4.79 Å². The molecular formula is C11H20O2. The van der Waals surface area contributed by atoms with Gasteiger partial charge in [0, 0.05) is 6.42 Å². The Labute approximate surface area is 80.7 Å². The van der Waals surface area contributed by atoms with Crippen LogP contribution < -0.4 is 0 Å². The number of hydrogen-bond acceptors (Lipinski definition) is 2. The molecular weight excluding hydrogens is 164 g/mol. The van der Waals surface area contributed by atoms with E-state index in [1.807, 2.05) is 27.7 Å². The minimum atomic E-state index is -0.215. The number of carbonyl (C=O) groups excluding carboxylic acids is 1. The minimum Gasteiger partial charge on any atom is -0.371 e. The van der Waals surface area contributed by atoms with Gasteiger partial charge in [-0.25, -0.2) is 0 Å². The Morgan fingerprint density at radius 1 is 1.54 bits per heavy atom. The van der Waals surface area contributed by atoms with Crippen LogP contribution in [0.4, 0.5) is 0 Å². The predicted octanol–water partition coefficient (Wildman–Crippen LogP) is 2.56. The Morgan fingerprint density at radius 3 is 2.38 bits per heavy atom. The Morgan fingerprint density at radius 2 is 2.08 bits per heavy atom. The van der Waals surface area contributed by atoms with Crippen molar-refractivity contribution in [3.8, 4) is 0 Å². The van der Waals surface area contributed by atoms with E-state index in [9.17, 15) is 4.79 Å². The Balaban J connectivity index is 2.61. The lowest BCUT2D eigenvalue weighted by atomic mass is 9.64. The number of ketones is 1. The molecule has 0 aromatic heterocycles. The van der Waals surface area contributed by atoms with Gasteiger partial charge < -0.3 is 4.74 Å². The van der Waals surface area contributed by atoms with Crippen LogP contribution in [0.5, 0.6) is 0 Å². The molecule has 0 saturated heterocycles. The zero-order valence-electron chi connectivity index (χ0n) is 9.31. The van der Waals surface area contributed by atoms with Crippen molar-refractivity contribution in [1.82, 2.24) is 0 Å². The average Bonchev–Trinajstić information content (AvgIpc) is 2.00. The van der Waals surface area contributed by atoms with Crippen LogP contribution >= 0.6 is 0 Å². The van der Waals surface area contributed by atoms with Crippen LogP contribution in [0.2, 0.25) is 0 Å². The number of Topliss-reactive ketones (excluding diaryl/α,β-unsaturated/α-hetero) is 1. The van der Waals surface area contributed by atoms with Crippen LogP contribution in [-0.2, 0) is 9.53 Å². The van der Waals surface area contributed by atoms with E-state index in [-0.39, 0.29) is 17.1 Å². The lowest BCUT2D eigenvalue weighted by Gasteiger charge is -2.47. The number of carbonyl (C=O) groups is 1. The van der Waals surface area contributed by atoms with Crippen LogP contribution in [0.15, 0.2) is 0 Å². The molecule has 1 fully saturated rings. The first-order chi connectivity index (χ1) is 5.79. The Bertz CT molecular complexity index is 215. The molecule has 0 aromatic carbocycles. The second-order valence-electron chi connectivity index (χ2n) is 5.12. The van der Waals surface area contributed by atoms with Gasteiger partial charge in [0.1, 0.15) is 5.78 Å². The summed E-state index contributed by atoms with van der Waals surface area (Å²) >= 11 is 0. The van der Waals surface area contributed by atoms with Gasteiger partial charge in [0.25, 0.3) is 0 Å². The average molecular weight is 184 g/mol. The van der Waals surface area contributed by atoms with Crippen molar-refractivity contribution in [3.63, 3.8) is 0 Å². The summed E-state index contributed by atoms with van der Waals surface area (Å²) in [6.07, 6.45) is 1.61. The molecule has 0 bridgehead atoms. The van der Waals surface area contributed by atoms with Gasteiger partial charge in [-0.2, -0.15) is 0 Å². The van der Waals surface area contributed by atoms with Gasteiger partial charge >= 0.3 is 0 Å². The molecule has 13 heavy (non-hydrogen) atoms. The number of ether oxygens (including phenoxy) is 1. The highest BCUT2D eigenvalue weighted by atomic mass is 16.5. The maximum Gasteiger partial charge on any atom is 0.143 e. The van der Waals surface area contributed by atoms with E-state index < -0.39 is 0 Å². The topological polar surface area (TPSA) is 26.3 Å². The summed E-state index contributed by atoms with van der Waals surface area (Å²) < 4.78 is 5.83. The van der Waals surface area contributed by atoms with Crippen molar-refractivity contribution >= 4 is 5.78 Å². The monoisotopic (exact) mass is 184 g/mol. The number of rotatable bonds is 2. The van der Waals surface area contributed by atoms with Crippen LogP contribution in [0, 0.1) is 5.41 Å². The van der Waals surface area contributed by atoms with Crippen LogP contribution in [0.25, 0.3) is 0 Å². The first kappa shape index (κ1) is 10.7. The van der Waals surface area contributed by atoms with E-state index in [0.717, 1.165) is 6.42 Å². The summed E-state index contributed by atoms with van der Waals surface area (Å²) in [5.74, 6) is 0.351. The second kappa shape index (κ2) is 3.09. The van der Waals surface area contributed by atoms with E-state index in [0.29, 0.717) is 12.2 Å². The summed E-state index contributed by atoms with van der Waals surface area (Å²) in [7, 11) is 0. The van der Waals surface area contributed by atoms with Crippen molar-refractivity contribution in [2.75, 3.05) is 0 Å². The maximum atomic E-state index is 11.4. The molecule has 0 spiro atoms. The molecule has 0 aliphatic heterocycles. The first-order valence-corrected chi connectivity index (χ1v) is 5.01. The van der Waals surface area contributed by atoms with Gasteiger partial charge in [-0.05, 0) is 27.2 Å². The van der Waals surface area contributed by atoms with Gasteiger partial charge in [-0.15, -0.1) is 0 Å². The van der Waals surface area contributed by atoms with Gasteiger partial charge in [0.2, 0.25) is 0 Å². The summed E-state index contributed by atoms with van der Waals surface area (Å²) in [6.45, 7) is 10.2. The zero-order valence-corrected chi connectivity index (χ0v) is 9.31. The fraction of sp³-hybridized carbons (Fsp3) is 0.909. The molecule has 1 saturated carbocycles. The highest BCUT2D eigenvalue weighted by Gasteiger charge is 2.51. The van der Waals surface area contributed by atoms with Crippen molar-refractivity contribution in [2.45, 2.75) is 59.2 Å². The predicted molar refractivity (Wildman–Crippen MR) is 52.6 cm³/mol. The fourth-order valence-corrected chi connectivity index (χ4v) is 1.70. The molecule has 0 N–H and O–H groups in total. The largest absolute Gasteiger partial charge is 0.371 e. The third-order valence-electron chi connectivity index (χ3n) is 2.95. The van der Waals surface area contributed by atoms with Gasteiger partial charge in [-0.1, -0.05) is 13.8 Å². The van der Waals surface area contributed by atoms with Crippen molar-refractivity contribution < 1.29 is 9.53 Å². The molecule has 2 unspecified atom stereocenters. The Kier molecular flexibility index (Phi) is 2.54. The highest BCUT2D eigenvalue weighted by molar-refractivity contribution is 5.91. The Hall–Kier alpha value is -0.370. The van der Waals surface area contributed by atoms with Crippen molar-refractivity contribution in [3.05, 3.63) is 0 Å². The molecule has 0 heterocycles. The summed E-state index contributed by atoms with van der Waals surface area (Å²) in [5, 5.41) is 0. The summed E-state index contributed by atoms with van der Waals surface area (Å²) in [5.41, 5.74) is -0.352. The molecule has 1 aliphatic rings. The molecule has 2 nitrogen and oxygen atoms in total. The molecule has 0 aromatic rings. The smallest absolute Gasteiger partial charge is 0.143 e. The van der Waals surface area contributed by atoms with E-state index in [1.165, 1.54) is 0 Å².